The van der Waals surface area contributed by atoms with Gasteiger partial charge in [-0.05, 0) is 47.5 Å². The Morgan fingerprint density at radius 1 is 0.938 bits per heavy atom. The lowest BCUT2D eigenvalue weighted by Crippen LogP contribution is -2.48. The zero-order valence-corrected chi connectivity index (χ0v) is 17.9. The van der Waals surface area contributed by atoms with E-state index in [1.165, 1.54) is 28.5 Å². The van der Waals surface area contributed by atoms with Crippen LogP contribution in [-0.2, 0) is 6.54 Å². The molecule has 1 fully saturated rings. The molecule has 1 amide bonds. The largest absolute Gasteiger partial charge is 0.335 e. The second kappa shape index (κ2) is 8.51. The Bertz CT molecular complexity index is 1250. The molecule has 1 aromatic heterocycles. The molecule has 0 aliphatic carbocycles. The van der Waals surface area contributed by atoms with E-state index < -0.39 is 0 Å². The maximum Gasteiger partial charge on any atom is 0.276 e. The van der Waals surface area contributed by atoms with Gasteiger partial charge in [-0.2, -0.15) is 0 Å². The van der Waals surface area contributed by atoms with Crippen LogP contribution in [0.1, 0.15) is 21.7 Å². The van der Waals surface area contributed by atoms with Gasteiger partial charge in [0.05, 0.1) is 11.4 Å². The predicted octanol–water partition coefficient (Wildman–Crippen LogP) is 3.83. The van der Waals surface area contributed by atoms with Crippen molar-refractivity contribution in [2.75, 3.05) is 26.2 Å². The van der Waals surface area contributed by atoms with Crippen molar-refractivity contribution in [1.82, 2.24) is 24.8 Å². The molecule has 0 saturated carbocycles. The van der Waals surface area contributed by atoms with Gasteiger partial charge in [-0.15, -0.1) is 5.10 Å². The number of piperazine rings is 1. The summed E-state index contributed by atoms with van der Waals surface area (Å²) in [6, 6.07) is 20.8. The summed E-state index contributed by atoms with van der Waals surface area (Å²) in [4.78, 5) is 17.3. The fourth-order valence-electron chi connectivity index (χ4n) is 4.28. The zero-order chi connectivity index (χ0) is 22.1. The summed E-state index contributed by atoms with van der Waals surface area (Å²) in [5.41, 5.74) is 2.98. The number of nitrogens with zero attached hydrogens (tertiary/aromatic N) is 5. The number of hydrogen-bond donors (Lipinski definition) is 0. The van der Waals surface area contributed by atoms with E-state index >= 15 is 0 Å². The van der Waals surface area contributed by atoms with Gasteiger partial charge < -0.3 is 4.90 Å². The van der Waals surface area contributed by atoms with Crippen LogP contribution < -0.4 is 0 Å². The normalized spacial score (nSPS) is 14.8. The molecule has 0 N–H and O–H groups in total. The first-order valence-corrected chi connectivity index (χ1v) is 10.8. The summed E-state index contributed by atoms with van der Waals surface area (Å²) in [7, 11) is 0. The Morgan fingerprint density at radius 2 is 1.66 bits per heavy atom. The van der Waals surface area contributed by atoms with E-state index in [9.17, 15) is 9.18 Å². The lowest BCUT2D eigenvalue weighted by Gasteiger charge is -2.34. The van der Waals surface area contributed by atoms with Crippen LogP contribution in [0, 0.1) is 12.7 Å². The van der Waals surface area contributed by atoms with Crippen molar-refractivity contribution in [2.45, 2.75) is 13.5 Å². The first-order valence-electron chi connectivity index (χ1n) is 10.8. The first-order chi connectivity index (χ1) is 15.6. The molecule has 5 rings (SSSR count). The fraction of sp³-hybridized carbons (Fsp3) is 0.240. The number of halogens is 1. The predicted molar refractivity (Wildman–Crippen MR) is 121 cm³/mol. The van der Waals surface area contributed by atoms with Gasteiger partial charge in [-0.1, -0.05) is 47.7 Å². The van der Waals surface area contributed by atoms with Gasteiger partial charge in [0.1, 0.15) is 5.82 Å². The van der Waals surface area contributed by atoms with Crippen molar-refractivity contribution in [1.29, 1.82) is 0 Å². The smallest absolute Gasteiger partial charge is 0.276 e. The van der Waals surface area contributed by atoms with Gasteiger partial charge in [-0.25, -0.2) is 9.07 Å². The van der Waals surface area contributed by atoms with Gasteiger partial charge in [0.2, 0.25) is 0 Å². The molecule has 0 unspecified atom stereocenters. The molecule has 162 valence electrons. The van der Waals surface area contributed by atoms with E-state index in [0.717, 1.165) is 19.6 Å². The lowest BCUT2D eigenvalue weighted by atomic mass is 10.0. The van der Waals surface area contributed by atoms with Crippen molar-refractivity contribution >= 4 is 16.7 Å². The van der Waals surface area contributed by atoms with Crippen LogP contribution in [0.2, 0.25) is 0 Å². The highest BCUT2D eigenvalue weighted by Crippen LogP contribution is 2.21. The molecule has 4 aromatic rings. The molecule has 0 spiro atoms. The summed E-state index contributed by atoms with van der Waals surface area (Å²) < 4.78 is 14.8. The summed E-state index contributed by atoms with van der Waals surface area (Å²) in [6.07, 6.45) is 0. The molecular formula is C25H24FN5O. The van der Waals surface area contributed by atoms with Crippen LogP contribution >= 0.6 is 0 Å². The molecule has 0 radical (unpaired) electrons. The molecule has 1 aliphatic heterocycles. The Morgan fingerprint density at radius 3 is 2.44 bits per heavy atom. The van der Waals surface area contributed by atoms with Crippen LogP contribution in [0.5, 0.6) is 0 Å². The van der Waals surface area contributed by atoms with Crippen molar-refractivity contribution in [3.05, 3.63) is 89.5 Å². The van der Waals surface area contributed by atoms with E-state index in [4.69, 9.17) is 0 Å². The van der Waals surface area contributed by atoms with Gasteiger partial charge >= 0.3 is 0 Å². The van der Waals surface area contributed by atoms with Gasteiger partial charge in [-0.3, -0.25) is 9.69 Å². The highest BCUT2D eigenvalue weighted by molar-refractivity contribution is 5.93. The molecule has 7 heteroatoms. The third kappa shape index (κ3) is 3.87. The number of amides is 1. The maximum absolute atomic E-state index is 13.2. The quantitative estimate of drug-likeness (QED) is 0.495. The lowest BCUT2D eigenvalue weighted by molar-refractivity contribution is 0.0622. The Labute approximate surface area is 185 Å². The summed E-state index contributed by atoms with van der Waals surface area (Å²) >= 11 is 0. The summed E-state index contributed by atoms with van der Waals surface area (Å²) in [6.45, 7) is 5.58. The van der Waals surface area contributed by atoms with Crippen LogP contribution in [0.3, 0.4) is 0 Å². The molecule has 0 bridgehead atoms. The molecule has 1 aliphatic rings. The van der Waals surface area contributed by atoms with Gasteiger partial charge in [0.15, 0.2) is 5.69 Å². The summed E-state index contributed by atoms with van der Waals surface area (Å²) in [5.74, 6) is -0.426. The third-order valence-electron chi connectivity index (χ3n) is 6.10. The highest BCUT2D eigenvalue weighted by atomic mass is 19.1. The van der Waals surface area contributed by atoms with Crippen LogP contribution in [0.15, 0.2) is 66.7 Å². The Hall–Kier alpha value is -3.58. The minimum atomic E-state index is -0.316. The summed E-state index contributed by atoms with van der Waals surface area (Å²) in [5, 5.41) is 10.8. The van der Waals surface area contributed by atoms with E-state index in [2.05, 4.69) is 57.7 Å². The average Bonchev–Trinajstić information content (AvgIpc) is 3.21. The zero-order valence-electron chi connectivity index (χ0n) is 17.9. The molecule has 2 heterocycles. The number of carbonyl (C=O) groups excluding carboxylic acids is 1. The molecule has 32 heavy (non-hydrogen) atoms. The van der Waals surface area contributed by atoms with Crippen molar-refractivity contribution in [3.63, 3.8) is 0 Å². The van der Waals surface area contributed by atoms with E-state index in [0.29, 0.717) is 30.2 Å². The van der Waals surface area contributed by atoms with Crippen molar-refractivity contribution < 1.29 is 9.18 Å². The standard InChI is InChI=1S/C25H24FN5O/c1-18-24(27-28-31(18)22-11-9-21(26)10-12-22)25(32)30-15-13-29(14-16-30)17-20-7-4-6-19-5-2-3-8-23(19)20/h2-12H,13-17H2,1H3. The van der Waals surface area contributed by atoms with E-state index in [-0.39, 0.29) is 11.7 Å². The number of hydrogen-bond acceptors (Lipinski definition) is 4. The minimum Gasteiger partial charge on any atom is -0.335 e. The third-order valence-corrected chi connectivity index (χ3v) is 6.10. The second-order valence-electron chi connectivity index (χ2n) is 8.12. The van der Waals surface area contributed by atoms with Crippen LogP contribution in [0.4, 0.5) is 4.39 Å². The number of carbonyl (C=O) groups is 1. The molecule has 3 aromatic carbocycles. The number of fused-ring (bicyclic) bond motifs is 1. The Kier molecular flexibility index (Phi) is 5.41. The van der Waals surface area contributed by atoms with Crippen molar-refractivity contribution in [3.8, 4) is 5.69 Å². The topological polar surface area (TPSA) is 54.3 Å². The van der Waals surface area contributed by atoms with E-state index in [1.54, 1.807) is 16.8 Å². The van der Waals surface area contributed by atoms with Gasteiger partial charge in [0.25, 0.3) is 5.91 Å². The number of rotatable bonds is 4. The SMILES string of the molecule is Cc1c(C(=O)N2CCN(Cc3cccc4ccccc34)CC2)nnn1-c1ccc(F)cc1. The molecule has 0 atom stereocenters. The average molecular weight is 429 g/mol. The second-order valence-corrected chi connectivity index (χ2v) is 8.12. The highest BCUT2D eigenvalue weighted by Gasteiger charge is 2.26. The first kappa shape index (κ1) is 20.3. The number of aromatic nitrogens is 3. The van der Waals surface area contributed by atoms with Crippen LogP contribution in [0.25, 0.3) is 16.5 Å². The van der Waals surface area contributed by atoms with E-state index in [1.807, 2.05) is 11.8 Å². The molecule has 1 saturated heterocycles. The van der Waals surface area contributed by atoms with Gasteiger partial charge in [0, 0.05) is 32.7 Å². The fourth-order valence-corrected chi connectivity index (χ4v) is 4.28. The Balaban J connectivity index is 1.25. The monoisotopic (exact) mass is 429 g/mol. The maximum atomic E-state index is 13.2. The van der Waals surface area contributed by atoms with Crippen LogP contribution in [-0.4, -0.2) is 56.9 Å². The van der Waals surface area contributed by atoms with Crippen molar-refractivity contribution in [2.24, 2.45) is 0 Å². The molecular weight excluding hydrogens is 405 g/mol. The number of benzene rings is 3. The minimum absolute atomic E-state index is 0.110. The molecule has 6 nitrogen and oxygen atoms in total.